The Morgan fingerprint density at radius 2 is 2.33 bits per heavy atom. The number of carbonyl (C=O) groups is 1. The second-order valence-corrected chi connectivity index (χ2v) is 2.66. The Morgan fingerprint density at radius 1 is 1.75 bits per heavy atom. The zero-order valence-electron chi connectivity index (χ0n) is 7.96. The zero-order valence-corrected chi connectivity index (χ0v) is 7.96. The van der Waals surface area contributed by atoms with E-state index < -0.39 is 0 Å². The van der Waals surface area contributed by atoms with Crippen LogP contribution in [0.1, 0.15) is 20.3 Å². The van der Waals surface area contributed by atoms with Crippen molar-refractivity contribution in [2.75, 3.05) is 7.05 Å². The van der Waals surface area contributed by atoms with Crippen LogP contribution < -0.4 is 5.32 Å². The molecule has 70 valence electrons. The van der Waals surface area contributed by atoms with Gasteiger partial charge in [0.2, 0.25) is 0 Å². The Morgan fingerprint density at radius 3 is 2.67 bits per heavy atom. The number of hydrogen-bond acceptors (Lipinski definition) is 3. The standard InChI is InChI=1S/C9H17NO2/c1-5-7(3)12-9(11)8(6-2)10-4/h6-8,10H,2,5H2,1,3-4H3/t7-,8?/m0/s1. The first-order valence-corrected chi connectivity index (χ1v) is 4.16. The van der Waals surface area contributed by atoms with E-state index in [0.717, 1.165) is 6.42 Å². The molecule has 12 heavy (non-hydrogen) atoms. The van der Waals surface area contributed by atoms with Crippen LogP contribution in [0.5, 0.6) is 0 Å². The van der Waals surface area contributed by atoms with Gasteiger partial charge in [-0.15, -0.1) is 6.58 Å². The SMILES string of the molecule is C=CC(NC)C(=O)O[C@@H](C)CC. The van der Waals surface area contributed by atoms with E-state index in [9.17, 15) is 4.79 Å². The second-order valence-electron chi connectivity index (χ2n) is 2.66. The summed E-state index contributed by atoms with van der Waals surface area (Å²) in [4.78, 5) is 11.2. The van der Waals surface area contributed by atoms with Crippen molar-refractivity contribution in [3.63, 3.8) is 0 Å². The highest BCUT2D eigenvalue weighted by molar-refractivity contribution is 5.77. The van der Waals surface area contributed by atoms with Gasteiger partial charge in [0.1, 0.15) is 6.04 Å². The average molecular weight is 171 g/mol. The highest BCUT2D eigenvalue weighted by atomic mass is 16.5. The summed E-state index contributed by atoms with van der Waals surface area (Å²) in [6.07, 6.45) is 2.35. The lowest BCUT2D eigenvalue weighted by atomic mass is 10.3. The van der Waals surface area contributed by atoms with Gasteiger partial charge in [-0.2, -0.15) is 0 Å². The zero-order chi connectivity index (χ0) is 9.56. The Kier molecular flexibility index (Phi) is 5.37. The number of hydrogen-bond donors (Lipinski definition) is 1. The fraction of sp³-hybridized carbons (Fsp3) is 0.667. The van der Waals surface area contributed by atoms with Crippen molar-refractivity contribution in [1.29, 1.82) is 0 Å². The molecule has 0 aliphatic rings. The van der Waals surface area contributed by atoms with Crippen molar-refractivity contribution in [1.82, 2.24) is 5.32 Å². The van der Waals surface area contributed by atoms with Crippen LogP contribution in [0, 0.1) is 0 Å². The molecule has 1 unspecified atom stereocenters. The van der Waals surface area contributed by atoms with Gasteiger partial charge in [0.15, 0.2) is 0 Å². The fourth-order valence-electron chi connectivity index (χ4n) is 0.687. The maximum atomic E-state index is 11.2. The minimum atomic E-state index is -0.390. The Hall–Kier alpha value is -0.830. The molecule has 0 aromatic heterocycles. The number of ether oxygens (including phenoxy) is 1. The maximum absolute atomic E-state index is 11.2. The molecular weight excluding hydrogens is 154 g/mol. The van der Waals surface area contributed by atoms with Gasteiger partial charge in [-0.25, -0.2) is 4.79 Å². The van der Waals surface area contributed by atoms with E-state index in [1.165, 1.54) is 6.08 Å². The summed E-state index contributed by atoms with van der Waals surface area (Å²) >= 11 is 0. The highest BCUT2D eigenvalue weighted by Crippen LogP contribution is 1.99. The molecule has 0 rings (SSSR count). The summed E-state index contributed by atoms with van der Waals surface area (Å²) in [5, 5.41) is 2.79. The summed E-state index contributed by atoms with van der Waals surface area (Å²) in [5.74, 6) is -0.262. The molecule has 0 saturated heterocycles. The van der Waals surface area contributed by atoms with Crippen molar-refractivity contribution in [2.24, 2.45) is 0 Å². The lowest BCUT2D eigenvalue weighted by Gasteiger charge is -2.15. The van der Waals surface area contributed by atoms with Crippen molar-refractivity contribution in [3.8, 4) is 0 Å². The molecule has 0 amide bonds. The minimum Gasteiger partial charge on any atom is -0.461 e. The summed E-state index contributed by atoms with van der Waals surface area (Å²) in [7, 11) is 1.70. The molecule has 0 bridgehead atoms. The highest BCUT2D eigenvalue weighted by Gasteiger charge is 2.15. The average Bonchev–Trinajstić information content (AvgIpc) is 2.06. The lowest BCUT2D eigenvalue weighted by molar-refractivity contribution is -0.149. The Balaban J connectivity index is 3.92. The Bertz CT molecular complexity index is 157. The molecule has 0 aromatic carbocycles. The van der Waals surface area contributed by atoms with Crippen molar-refractivity contribution >= 4 is 5.97 Å². The molecule has 0 saturated carbocycles. The van der Waals surface area contributed by atoms with Gasteiger partial charge in [-0.3, -0.25) is 0 Å². The molecule has 3 heteroatoms. The Labute approximate surface area is 73.8 Å². The number of carbonyl (C=O) groups excluding carboxylic acids is 1. The van der Waals surface area contributed by atoms with Crippen LogP contribution in [-0.4, -0.2) is 25.2 Å². The van der Waals surface area contributed by atoms with Gasteiger partial charge in [-0.1, -0.05) is 13.0 Å². The minimum absolute atomic E-state index is 0.0201. The number of esters is 1. The summed E-state index contributed by atoms with van der Waals surface area (Å²) in [6.45, 7) is 7.36. The molecule has 0 fully saturated rings. The molecule has 0 heterocycles. The van der Waals surface area contributed by atoms with E-state index in [2.05, 4.69) is 11.9 Å². The molecule has 0 aliphatic carbocycles. The number of likely N-dealkylation sites (N-methyl/N-ethyl adjacent to an activating group) is 1. The molecular formula is C9H17NO2. The molecule has 3 nitrogen and oxygen atoms in total. The normalized spacial score (nSPS) is 14.9. The fourth-order valence-corrected chi connectivity index (χ4v) is 0.687. The van der Waals surface area contributed by atoms with E-state index in [0.29, 0.717) is 0 Å². The first kappa shape index (κ1) is 11.2. The van der Waals surface area contributed by atoms with E-state index in [4.69, 9.17) is 4.74 Å². The summed E-state index contributed by atoms with van der Waals surface area (Å²) in [6, 6.07) is -0.390. The first-order valence-electron chi connectivity index (χ1n) is 4.16. The van der Waals surface area contributed by atoms with Gasteiger partial charge < -0.3 is 10.1 Å². The third-order valence-corrected chi connectivity index (χ3v) is 1.69. The second kappa shape index (κ2) is 5.77. The third-order valence-electron chi connectivity index (χ3n) is 1.69. The van der Waals surface area contributed by atoms with Gasteiger partial charge >= 0.3 is 5.97 Å². The van der Waals surface area contributed by atoms with Crippen LogP contribution in [0.4, 0.5) is 0 Å². The van der Waals surface area contributed by atoms with Gasteiger partial charge in [0.25, 0.3) is 0 Å². The smallest absolute Gasteiger partial charge is 0.327 e. The lowest BCUT2D eigenvalue weighted by Crippen LogP contribution is -2.35. The van der Waals surface area contributed by atoms with Crippen molar-refractivity contribution in [2.45, 2.75) is 32.4 Å². The maximum Gasteiger partial charge on any atom is 0.327 e. The molecule has 0 aliphatic heterocycles. The van der Waals surface area contributed by atoms with E-state index in [1.54, 1.807) is 7.05 Å². The topological polar surface area (TPSA) is 38.3 Å². The van der Waals surface area contributed by atoms with E-state index in [-0.39, 0.29) is 18.1 Å². The monoisotopic (exact) mass is 171 g/mol. The number of rotatable bonds is 5. The molecule has 0 radical (unpaired) electrons. The van der Waals surface area contributed by atoms with Gasteiger partial charge in [-0.05, 0) is 20.4 Å². The molecule has 1 N–H and O–H groups in total. The third kappa shape index (κ3) is 3.53. The van der Waals surface area contributed by atoms with Crippen LogP contribution in [0.25, 0.3) is 0 Å². The van der Waals surface area contributed by atoms with Crippen molar-refractivity contribution in [3.05, 3.63) is 12.7 Å². The summed E-state index contributed by atoms with van der Waals surface area (Å²) < 4.78 is 5.07. The molecule has 0 spiro atoms. The van der Waals surface area contributed by atoms with Crippen LogP contribution in [0.2, 0.25) is 0 Å². The summed E-state index contributed by atoms with van der Waals surface area (Å²) in [5.41, 5.74) is 0. The van der Waals surface area contributed by atoms with Crippen LogP contribution in [-0.2, 0) is 9.53 Å². The molecule has 0 aromatic rings. The first-order chi connectivity index (χ1) is 5.65. The molecule has 2 atom stereocenters. The largest absolute Gasteiger partial charge is 0.461 e. The van der Waals surface area contributed by atoms with E-state index >= 15 is 0 Å². The van der Waals surface area contributed by atoms with Crippen LogP contribution >= 0.6 is 0 Å². The van der Waals surface area contributed by atoms with Crippen LogP contribution in [0.15, 0.2) is 12.7 Å². The predicted molar refractivity (Wildman–Crippen MR) is 48.9 cm³/mol. The van der Waals surface area contributed by atoms with Crippen molar-refractivity contribution < 1.29 is 9.53 Å². The quantitative estimate of drug-likeness (QED) is 0.497. The van der Waals surface area contributed by atoms with Gasteiger partial charge in [0.05, 0.1) is 6.10 Å². The van der Waals surface area contributed by atoms with Crippen LogP contribution in [0.3, 0.4) is 0 Å². The van der Waals surface area contributed by atoms with E-state index in [1.807, 2.05) is 13.8 Å². The predicted octanol–water partition coefficient (Wildman–Crippen LogP) is 1.10. The van der Waals surface area contributed by atoms with Gasteiger partial charge in [0, 0.05) is 0 Å². The number of nitrogens with one attached hydrogen (secondary N) is 1.